The van der Waals surface area contributed by atoms with Crippen molar-refractivity contribution in [3.8, 4) is 0 Å². The highest BCUT2D eigenvalue weighted by molar-refractivity contribution is 7.89. The van der Waals surface area contributed by atoms with Gasteiger partial charge < -0.3 is 9.73 Å². The van der Waals surface area contributed by atoms with E-state index in [0.29, 0.717) is 11.4 Å². The molecule has 20 heavy (non-hydrogen) atoms. The van der Waals surface area contributed by atoms with Gasteiger partial charge in [-0.15, -0.1) is 0 Å². The molecule has 0 bridgehead atoms. The van der Waals surface area contributed by atoms with E-state index in [2.05, 4.69) is 15.0 Å². The first kappa shape index (κ1) is 14.5. The summed E-state index contributed by atoms with van der Waals surface area (Å²) < 4.78 is 32.7. The molecule has 2 N–H and O–H groups in total. The van der Waals surface area contributed by atoms with Gasteiger partial charge in [-0.05, 0) is 38.1 Å². The highest BCUT2D eigenvalue weighted by Crippen LogP contribution is 2.21. The number of nitrogens with zero attached hydrogens (tertiary/aromatic N) is 1. The monoisotopic (exact) mass is 295 g/mol. The van der Waals surface area contributed by atoms with Crippen LogP contribution in [0.25, 0.3) is 0 Å². The first-order chi connectivity index (χ1) is 9.44. The number of sulfonamides is 1. The molecule has 1 unspecified atom stereocenters. The fourth-order valence-corrected chi connectivity index (χ4v) is 3.18. The molecule has 0 aliphatic rings. The zero-order chi connectivity index (χ0) is 14.8. The first-order valence-electron chi connectivity index (χ1n) is 6.15. The van der Waals surface area contributed by atoms with E-state index in [-0.39, 0.29) is 5.03 Å². The Morgan fingerprint density at radius 2 is 2.05 bits per heavy atom. The molecule has 0 saturated heterocycles. The van der Waals surface area contributed by atoms with Crippen molar-refractivity contribution in [3.63, 3.8) is 0 Å². The molecular formula is C13H17N3O3S. The van der Waals surface area contributed by atoms with Gasteiger partial charge in [0.1, 0.15) is 11.5 Å². The fraction of sp³-hybridized carbons (Fsp3) is 0.308. The third-order valence-corrected chi connectivity index (χ3v) is 4.31. The Balaban J connectivity index is 2.27. The maximum Gasteiger partial charge on any atom is 0.260 e. The molecule has 0 saturated carbocycles. The van der Waals surface area contributed by atoms with Crippen LogP contribution in [0.5, 0.6) is 0 Å². The minimum atomic E-state index is -3.72. The van der Waals surface area contributed by atoms with Gasteiger partial charge in [-0.25, -0.2) is 13.4 Å². The molecule has 2 heterocycles. The molecule has 7 heteroatoms. The lowest BCUT2D eigenvalue weighted by Gasteiger charge is -2.13. The lowest BCUT2D eigenvalue weighted by Crippen LogP contribution is -2.28. The van der Waals surface area contributed by atoms with Gasteiger partial charge in [0, 0.05) is 13.2 Å². The van der Waals surface area contributed by atoms with E-state index >= 15 is 0 Å². The molecule has 1 atom stereocenters. The summed E-state index contributed by atoms with van der Waals surface area (Å²) in [6.45, 7) is 3.53. The van der Waals surface area contributed by atoms with Gasteiger partial charge in [-0.2, -0.15) is 4.72 Å². The minimum absolute atomic E-state index is 0.0300. The van der Waals surface area contributed by atoms with Crippen LogP contribution in [0.2, 0.25) is 0 Å². The van der Waals surface area contributed by atoms with Gasteiger partial charge in [-0.3, -0.25) is 0 Å². The molecule has 6 nitrogen and oxygen atoms in total. The molecule has 0 amide bonds. The molecule has 0 aliphatic heterocycles. The second kappa shape index (κ2) is 5.64. The number of nitrogens with one attached hydrogen (secondary N) is 2. The second-order valence-electron chi connectivity index (χ2n) is 4.40. The van der Waals surface area contributed by atoms with Crippen molar-refractivity contribution >= 4 is 15.7 Å². The van der Waals surface area contributed by atoms with E-state index in [1.807, 2.05) is 6.92 Å². The summed E-state index contributed by atoms with van der Waals surface area (Å²) in [5, 5.41) is 2.78. The molecule has 2 aromatic rings. The molecule has 0 spiro atoms. The molecule has 2 rings (SSSR count). The Labute approximate surface area is 118 Å². The number of aromatic nitrogens is 1. The van der Waals surface area contributed by atoms with Crippen molar-refractivity contribution in [2.75, 3.05) is 12.4 Å². The van der Waals surface area contributed by atoms with Crippen LogP contribution < -0.4 is 10.0 Å². The third kappa shape index (κ3) is 3.00. The summed E-state index contributed by atoms with van der Waals surface area (Å²) in [6.07, 6.45) is 1.44. The summed E-state index contributed by atoms with van der Waals surface area (Å²) in [7, 11) is -2.08. The Bertz CT molecular complexity index is 694. The van der Waals surface area contributed by atoms with E-state index in [1.165, 1.54) is 6.20 Å². The predicted octanol–water partition coefficient (Wildman–Crippen LogP) is 2.06. The standard InChI is InChI=1S/C13H17N3O3S/c1-9-6-7-12(19-9)10(2)16-20(17,18)13-11(14-3)5-4-8-15-13/h4-8,10,14,16H,1-3H3. The van der Waals surface area contributed by atoms with Gasteiger partial charge in [0.15, 0.2) is 5.03 Å². The number of anilines is 1. The first-order valence-corrected chi connectivity index (χ1v) is 7.64. The lowest BCUT2D eigenvalue weighted by atomic mass is 10.3. The fourth-order valence-electron chi connectivity index (χ4n) is 1.83. The zero-order valence-electron chi connectivity index (χ0n) is 11.5. The summed E-state index contributed by atoms with van der Waals surface area (Å²) in [5.74, 6) is 1.30. The van der Waals surface area contributed by atoms with E-state index < -0.39 is 16.1 Å². The predicted molar refractivity (Wildman–Crippen MR) is 76.0 cm³/mol. The molecule has 0 fully saturated rings. The average molecular weight is 295 g/mol. The van der Waals surface area contributed by atoms with Crippen LogP contribution in [0.1, 0.15) is 24.5 Å². The molecule has 0 aromatic carbocycles. The van der Waals surface area contributed by atoms with Crippen molar-refractivity contribution in [1.29, 1.82) is 0 Å². The van der Waals surface area contributed by atoms with Gasteiger partial charge in [0.05, 0.1) is 11.7 Å². The maximum absolute atomic E-state index is 12.3. The SMILES string of the molecule is CNc1cccnc1S(=O)(=O)NC(C)c1ccc(C)o1. The molecular weight excluding hydrogens is 278 g/mol. The average Bonchev–Trinajstić information content (AvgIpc) is 2.85. The lowest BCUT2D eigenvalue weighted by molar-refractivity contribution is 0.441. The normalized spacial score (nSPS) is 13.2. The summed E-state index contributed by atoms with van der Waals surface area (Å²) in [4.78, 5) is 3.93. The summed E-state index contributed by atoms with van der Waals surface area (Å²) in [5.41, 5.74) is 0.447. The third-order valence-electron chi connectivity index (χ3n) is 2.81. The van der Waals surface area contributed by atoms with E-state index in [0.717, 1.165) is 5.76 Å². The van der Waals surface area contributed by atoms with Gasteiger partial charge in [-0.1, -0.05) is 0 Å². The van der Waals surface area contributed by atoms with Crippen LogP contribution in [0.15, 0.2) is 39.9 Å². The maximum atomic E-state index is 12.3. The van der Waals surface area contributed by atoms with Crippen molar-refractivity contribution in [3.05, 3.63) is 42.0 Å². The quantitative estimate of drug-likeness (QED) is 0.882. The van der Waals surface area contributed by atoms with E-state index in [1.54, 1.807) is 38.2 Å². The summed E-state index contributed by atoms with van der Waals surface area (Å²) in [6, 6.07) is 6.40. The van der Waals surface area contributed by atoms with Crippen molar-refractivity contribution in [2.45, 2.75) is 24.9 Å². The Morgan fingerprint density at radius 3 is 2.65 bits per heavy atom. The second-order valence-corrected chi connectivity index (χ2v) is 6.03. The molecule has 0 aliphatic carbocycles. The van der Waals surface area contributed by atoms with Crippen LogP contribution in [0.3, 0.4) is 0 Å². The Morgan fingerprint density at radius 1 is 1.30 bits per heavy atom. The van der Waals surface area contributed by atoms with Crippen molar-refractivity contribution in [1.82, 2.24) is 9.71 Å². The molecule has 108 valence electrons. The number of furan rings is 1. The highest BCUT2D eigenvalue weighted by Gasteiger charge is 2.23. The van der Waals surface area contributed by atoms with Gasteiger partial charge in [0.2, 0.25) is 0 Å². The molecule has 2 aromatic heterocycles. The van der Waals surface area contributed by atoms with Crippen LogP contribution >= 0.6 is 0 Å². The number of hydrogen-bond donors (Lipinski definition) is 2. The van der Waals surface area contributed by atoms with Crippen LogP contribution in [-0.4, -0.2) is 20.4 Å². The van der Waals surface area contributed by atoms with E-state index in [4.69, 9.17) is 4.42 Å². The van der Waals surface area contributed by atoms with Crippen molar-refractivity contribution in [2.24, 2.45) is 0 Å². The van der Waals surface area contributed by atoms with Crippen LogP contribution in [0.4, 0.5) is 5.69 Å². The Kier molecular flexibility index (Phi) is 4.10. The number of pyridine rings is 1. The van der Waals surface area contributed by atoms with Crippen LogP contribution in [0, 0.1) is 6.92 Å². The topological polar surface area (TPSA) is 84.2 Å². The van der Waals surface area contributed by atoms with Crippen LogP contribution in [-0.2, 0) is 10.0 Å². The van der Waals surface area contributed by atoms with Gasteiger partial charge >= 0.3 is 0 Å². The van der Waals surface area contributed by atoms with Gasteiger partial charge in [0.25, 0.3) is 10.0 Å². The summed E-state index contributed by atoms with van der Waals surface area (Å²) >= 11 is 0. The highest BCUT2D eigenvalue weighted by atomic mass is 32.2. The minimum Gasteiger partial charge on any atom is -0.465 e. The number of rotatable bonds is 5. The molecule has 0 radical (unpaired) electrons. The number of hydrogen-bond acceptors (Lipinski definition) is 5. The van der Waals surface area contributed by atoms with E-state index in [9.17, 15) is 8.42 Å². The Hall–Kier alpha value is -1.86. The number of aryl methyl sites for hydroxylation is 1. The smallest absolute Gasteiger partial charge is 0.260 e. The van der Waals surface area contributed by atoms with Crippen molar-refractivity contribution < 1.29 is 12.8 Å². The largest absolute Gasteiger partial charge is 0.465 e. The zero-order valence-corrected chi connectivity index (χ0v) is 12.4.